The van der Waals surface area contributed by atoms with Crippen LogP contribution in [0.3, 0.4) is 0 Å². The maximum atomic E-state index is 12.3. The van der Waals surface area contributed by atoms with Gasteiger partial charge < -0.3 is 15.6 Å². The lowest BCUT2D eigenvalue weighted by atomic mass is 9.97. The van der Waals surface area contributed by atoms with E-state index in [1.807, 2.05) is 4.90 Å². The highest BCUT2D eigenvalue weighted by atomic mass is 16.2. The quantitative estimate of drug-likeness (QED) is 0.728. The number of primary amides is 1. The Kier molecular flexibility index (Phi) is 4.37. The SMILES string of the molecule is NC(=O)CN1CCC[C@@H](C(=O)NCc2nnc3n2CCC3)C1. The van der Waals surface area contributed by atoms with Crippen molar-refractivity contribution in [3.8, 4) is 0 Å². The van der Waals surface area contributed by atoms with Crippen LogP contribution in [0.5, 0.6) is 0 Å². The maximum Gasteiger partial charge on any atom is 0.231 e. The first kappa shape index (κ1) is 15.0. The van der Waals surface area contributed by atoms with E-state index in [4.69, 9.17) is 5.73 Å². The van der Waals surface area contributed by atoms with Gasteiger partial charge in [0, 0.05) is 19.5 Å². The molecule has 0 aromatic carbocycles. The van der Waals surface area contributed by atoms with Gasteiger partial charge in [-0.1, -0.05) is 0 Å². The Balaban J connectivity index is 1.52. The fourth-order valence-electron chi connectivity index (χ4n) is 3.29. The molecule has 0 aliphatic carbocycles. The number of piperidine rings is 1. The molecule has 8 heteroatoms. The predicted octanol–water partition coefficient (Wildman–Crippen LogP) is -0.962. The lowest BCUT2D eigenvalue weighted by Gasteiger charge is -2.30. The summed E-state index contributed by atoms with van der Waals surface area (Å²) < 4.78 is 2.08. The first-order chi connectivity index (χ1) is 10.6. The second kappa shape index (κ2) is 6.43. The molecule has 120 valence electrons. The number of fused-ring (bicyclic) bond motifs is 1. The third kappa shape index (κ3) is 3.27. The Labute approximate surface area is 129 Å². The summed E-state index contributed by atoms with van der Waals surface area (Å²) >= 11 is 0. The van der Waals surface area contributed by atoms with Crippen molar-refractivity contribution in [3.05, 3.63) is 11.6 Å². The van der Waals surface area contributed by atoms with Gasteiger partial charge in [-0.2, -0.15) is 0 Å². The molecule has 1 aromatic rings. The number of carbonyl (C=O) groups is 2. The van der Waals surface area contributed by atoms with E-state index in [1.54, 1.807) is 0 Å². The molecule has 22 heavy (non-hydrogen) atoms. The Hall–Kier alpha value is -1.96. The zero-order valence-electron chi connectivity index (χ0n) is 12.6. The van der Waals surface area contributed by atoms with E-state index in [0.717, 1.165) is 50.4 Å². The first-order valence-electron chi connectivity index (χ1n) is 7.83. The molecular formula is C14H22N6O2. The van der Waals surface area contributed by atoms with Gasteiger partial charge in [0.25, 0.3) is 0 Å². The van der Waals surface area contributed by atoms with Crippen molar-refractivity contribution in [1.82, 2.24) is 25.0 Å². The van der Waals surface area contributed by atoms with Gasteiger partial charge in [-0.25, -0.2) is 0 Å². The molecule has 2 aliphatic heterocycles. The summed E-state index contributed by atoms with van der Waals surface area (Å²) in [6, 6.07) is 0. The zero-order chi connectivity index (χ0) is 15.5. The van der Waals surface area contributed by atoms with Crippen LogP contribution in [0.4, 0.5) is 0 Å². The van der Waals surface area contributed by atoms with Gasteiger partial charge in [0.1, 0.15) is 5.82 Å². The Morgan fingerprint density at radius 1 is 1.27 bits per heavy atom. The molecule has 1 aromatic heterocycles. The topological polar surface area (TPSA) is 106 Å². The van der Waals surface area contributed by atoms with Gasteiger partial charge in [0.15, 0.2) is 5.82 Å². The van der Waals surface area contributed by atoms with Crippen LogP contribution in [-0.4, -0.2) is 51.1 Å². The molecule has 0 unspecified atom stereocenters. The van der Waals surface area contributed by atoms with Crippen molar-refractivity contribution in [2.45, 2.75) is 38.8 Å². The molecule has 3 rings (SSSR count). The van der Waals surface area contributed by atoms with E-state index < -0.39 is 0 Å². The number of aryl methyl sites for hydroxylation is 1. The summed E-state index contributed by atoms with van der Waals surface area (Å²) in [5.41, 5.74) is 5.22. The van der Waals surface area contributed by atoms with Crippen LogP contribution >= 0.6 is 0 Å². The predicted molar refractivity (Wildman–Crippen MR) is 78.5 cm³/mol. The highest BCUT2D eigenvalue weighted by Gasteiger charge is 2.27. The van der Waals surface area contributed by atoms with E-state index in [2.05, 4.69) is 20.1 Å². The van der Waals surface area contributed by atoms with Crippen molar-refractivity contribution in [2.75, 3.05) is 19.6 Å². The highest BCUT2D eigenvalue weighted by molar-refractivity contribution is 5.79. The fraction of sp³-hybridized carbons (Fsp3) is 0.714. The molecule has 1 atom stereocenters. The van der Waals surface area contributed by atoms with Crippen LogP contribution < -0.4 is 11.1 Å². The molecule has 8 nitrogen and oxygen atoms in total. The Morgan fingerprint density at radius 3 is 2.95 bits per heavy atom. The van der Waals surface area contributed by atoms with Gasteiger partial charge >= 0.3 is 0 Å². The first-order valence-corrected chi connectivity index (χ1v) is 7.83. The molecule has 1 fully saturated rings. The number of aromatic nitrogens is 3. The standard InChI is InChI=1S/C14H22N6O2/c15-11(21)9-19-5-1-3-10(8-19)14(22)16-7-13-18-17-12-4-2-6-20(12)13/h10H,1-9H2,(H2,15,21)(H,16,22)/t10-/m1/s1. The molecule has 3 N–H and O–H groups in total. The number of nitrogens with one attached hydrogen (secondary N) is 1. The lowest BCUT2D eigenvalue weighted by Crippen LogP contribution is -2.45. The summed E-state index contributed by atoms with van der Waals surface area (Å²) in [5.74, 6) is 1.42. The van der Waals surface area contributed by atoms with E-state index in [0.29, 0.717) is 13.1 Å². The van der Waals surface area contributed by atoms with Crippen molar-refractivity contribution >= 4 is 11.8 Å². The average molecular weight is 306 g/mol. The molecule has 0 saturated carbocycles. The zero-order valence-corrected chi connectivity index (χ0v) is 12.6. The lowest BCUT2D eigenvalue weighted by molar-refractivity contribution is -0.128. The Bertz CT molecular complexity index is 570. The molecule has 0 spiro atoms. The van der Waals surface area contributed by atoms with Gasteiger partial charge in [-0.15, -0.1) is 10.2 Å². The van der Waals surface area contributed by atoms with Crippen LogP contribution in [0, 0.1) is 5.92 Å². The third-order valence-corrected chi connectivity index (χ3v) is 4.36. The van der Waals surface area contributed by atoms with Gasteiger partial charge in [0.05, 0.1) is 19.0 Å². The number of carbonyl (C=O) groups excluding carboxylic acids is 2. The number of hydrogen-bond acceptors (Lipinski definition) is 5. The van der Waals surface area contributed by atoms with Gasteiger partial charge in [-0.05, 0) is 25.8 Å². The van der Waals surface area contributed by atoms with Crippen LogP contribution in [0.2, 0.25) is 0 Å². The number of nitrogens with zero attached hydrogens (tertiary/aromatic N) is 4. The summed E-state index contributed by atoms with van der Waals surface area (Å²) in [7, 11) is 0. The fourth-order valence-corrected chi connectivity index (χ4v) is 3.29. The summed E-state index contributed by atoms with van der Waals surface area (Å²) in [4.78, 5) is 25.3. The van der Waals surface area contributed by atoms with Crippen molar-refractivity contribution in [3.63, 3.8) is 0 Å². The minimum absolute atomic E-state index is 0.0181. The number of likely N-dealkylation sites (tertiary alicyclic amines) is 1. The minimum Gasteiger partial charge on any atom is -0.369 e. The second-order valence-corrected chi connectivity index (χ2v) is 6.05. The largest absolute Gasteiger partial charge is 0.369 e. The maximum absolute atomic E-state index is 12.3. The minimum atomic E-state index is -0.347. The number of rotatable bonds is 5. The number of amides is 2. The summed E-state index contributed by atoms with van der Waals surface area (Å²) in [6.07, 6.45) is 3.81. The van der Waals surface area contributed by atoms with Gasteiger partial charge in [-0.3, -0.25) is 14.5 Å². The Morgan fingerprint density at radius 2 is 2.14 bits per heavy atom. The molecule has 1 saturated heterocycles. The summed E-state index contributed by atoms with van der Waals surface area (Å²) in [6.45, 7) is 2.99. The second-order valence-electron chi connectivity index (χ2n) is 6.05. The van der Waals surface area contributed by atoms with E-state index >= 15 is 0 Å². The average Bonchev–Trinajstić information content (AvgIpc) is 3.08. The van der Waals surface area contributed by atoms with Crippen LogP contribution in [0.15, 0.2) is 0 Å². The smallest absolute Gasteiger partial charge is 0.231 e. The monoisotopic (exact) mass is 306 g/mol. The molecule has 3 heterocycles. The van der Waals surface area contributed by atoms with Gasteiger partial charge in [0.2, 0.25) is 11.8 Å². The van der Waals surface area contributed by atoms with Crippen molar-refractivity contribution in [1.29, 1.82) is 0 Å². The number of nitrogens with two attached hydrogens (primary N) is 1. The van der Waals surface area contributed by atoms with Crippen molar-refractivity contribution < 1.29 is 9.59 Å². The third-order valence-electron chi connectivity index (χ3n) is 4.36. The van der Waals surface area contributed by atoms with E-state index in [-0.39, 0.29) is 24.3 Å². The molecule has 0 radical (unpaired) electrons. The normalized spacial score (nSPS) is 21.5. The van der Waals surface area contributed by atoms with Crippen molar-refractivity contribution in [2.24, 2.45) is 11.7 Å². The van der Waals surface area contributed by atoms with E-state index in [1.165, 1.54) is 0 Å². The molecule has 2 amide bonds. The van der Waals surface area contributed by atoms with Crippen LogP contribution in [0.25, 0.3) is 0 Å². The molecule has 0 bridgehead atoms. The summed E-state index contributed by atoms with van der Waals surface area (Å²) in [5, 5.41) is 11.2. The van der Waals surface area contributed by atoms with E-state index in [9.17, 15) is 9.59 Å². The highest BCUT2D eigenvalue weighted by Crippen LogP contribution is 2.17. The molecular weight excluding hydrogens is 284 g/mol. The van der Waals surface area contributed by atoms with Crippen LogP contribution in [-0.2, 0) is 29.1 Å². The van der Waals surface area contributed by atoms with Crippen LogP contribution in [0.1, 0.15) is 30.9 Å². The molecule has 2 aliphatic rings. The number of hydrogen-bond donors (Lipinski definition) is 2.